The number of likely N-dealkylation sites (N-methyl/N-ethyl adjacent to an activating group) is 1. The first-order chi connectivity index (χ1) is 12.9. The van der Waals surface area contributed by atoms with E-state index in [1.54, 1.807) is 11.9 Å². The minimum Gasteiger partial charge on any atom is -0.353 e. The number of nitriles is 1. The smallest absolute Gasteiger partial charge is 0.237 e. The second kappa shape index (κ2) is 10.0. The first kappa shape index (κ1) is 21.6. The molecule has 1 atom stereocenters. The number of hydrogen-bond acceptors (Lipinski definition) is 5. The van der Waals surface area contributed by atoms with Crippen LogP contribution in [0.1, 0.15) is 52.4 Å². The molecule has 0 radical (unpaired) electrons. The zero-order valence-corrected chi connectivity index (χ0v) is 17.2. The molecule has 27 heavy (non-hydrogen) atoms. The third-order valence-corrected chi connectivity index (χ3v) is 6.12. The number of nitrogens with zero attached hydrogens (tertiary/aromatic N) is 4. The molecule has 2 rings (SSSR count). The van der Waals surface area contributed by atoms with Crippen molar-refractivity contribution in [3.05, 3.63) is 0 Å². The zero-order chi connectivity index (χ0) is 19.9. The molecule has 2 fully saturated rings. The highest BCUT2D eigenvalue weighted by molar-refractivity contribution is 5.79. The van der Waals surface area contributed by atoms with Gasteiger partial charge in [0.2, 0.25) is 11.8 Å². The molecule has 0 bridgehead atoms. The van der Waals surface area contributed by atoms with Crippen molar-refractivity contribution in [2.24, 2.45) is 0 Å². The molecule has 1 saturated heterocycles. The molecule has 7 heteroatoms. The zero-order valence-electron chi connectivity index (χ0n) is 17.2. The highest BCUT2D eigenvalue weighted by Crippen LogP contribution is 2.32. The number of hydrogen-bond donors (Lipinski definition) is 1. The molecule has 0 spiro atoms. The molecule has 1 heterocycles. The molecule has 1 unspecified atom stereocenters. The van der Waals surface area contributed by atoms with Crippen LogP contribution in [0.2, 0.25) is 0 Å². The topological polar surface area (TPSA) is 79.7 Å². The predicted molar refractivity (Wildman–Crippen MR) is 105 cm³/mol. The van der Waals surface area contributed by atoms with Gasteiger partial charge in [-0.1, -0.05) is 26.2 Å². The number of carbonyl (C=O) groups is 2. The molecule has 2 amide bonds. The van der Waals surface area contributed by atoms with E-state index in [2.05, 4.69) is 28.1 Å². The first-order valence-corrected chi connectivity index (χ1v) is 10.3. The van der Waals surface area contributed by atoms with Gasteiger partial charge in [-0.05, 0) is 26.2 Å². The molecule has 152 valence electrons. The highest BCUT2D eigenvalue weighted by atomic mass is 16.2. The monoisotopic (exact) mass is 377 g/mol. The molecular formula is C20H35N5O2. The minimum atomic E-state index is -0.620. The number of rotatable bonds is 7. The van der Waals surface area contributed by atoms with E-state index in [1.165, 1.54) is 0 Å². The van der Waals surface area contributed by atoms with Crippen LogP contribution >= 0.6 is 0 Å². The Bertz CT molecular complexity index is 545. The van der Waals surface area contributed by atoms with Crippen LogP contribution in [0.25, 0.3) is 0 Å². The lowest BCUT2D eigenvalue weighted by Crippen LogP contribution is -2.55. The summed E-state index contributed by atoms with van der Waals surface area (Å²) in [5.74, 6) is 0.100. The van der Waals surface area contributed by atoms with Crippen molar-refractivity contribution in [3.8, 4) is 6.07 Å². The summed E-state index contributed by atoms with van der Waals surface area (Å²) < 4.78 is 0. The van der Waals surface area contributed by atoms with Crippen molar-refractivity contribution in [3.63, 3.8) is 0 Å². The van der Waals surface area contributed by atoms with Crippen LogP contribution in [0, 0.1) is 11.3 Å². The lowest BCUT2D eigenvalue weighted by molar-refractivity contribution is -0.136. The van der Waals surface area contributed by atoms with Gasteiger partial charge in [-0.15, -0.1) is 0 Å². The fourth-order valence-electron chi connectivity index (χ4n) is 3.93. The Morgan fingerprint density at radius 3 is 2.19 bits per heavy atom. The summed E-state index contributed by atoms with van der Waals surface area (Å²) in [6.07, 6.45) is 5.68. The molecule has 0 aromatic carbocycles. The fourth-order valence-corrected chi connectivity index (χ4v) is 3.93. The van der Waals surface area contributed by atoms with Gasteiger partial charge in [-0.25, -0.2) is 0 Å². The van der Waals surface area contributed by atoms with Gasteiger partial charge in [0.1, 0.15) is 5.54 Å². The van der Waals surface area contributed by atoms with Crippen LogP contribution in [0.3, 0.4) is 0 Å². The van der Waals surface area contributed by atoms with E-state index in [-0.39, 0.29) is 17.9 Å². The summed E-state index contributed by atoms with van der Waals surface area (Å²) in [7, 11) is 1.78. The van der Waals surface area contributed by atoms with Gasteiger partial charge in [0.05, 0.1) is 19.2 Å². The third-order valence-electron chi connectivity index (χ3n) is 6.12. The Balaban J connectivity index is 1.77. The van der Waals surface area contributed by atoms with E-state index in [4.69, 9.17) is 0 Å². The van der Waals surface area contributed by atoms with Crippen LogP contribution in [0.4, 0.5) is 0 Å². The van der Waals surface area contributed by atoms with Crippen molar-refractivity contribution in [1.29, 1.82) is 5.26 Å². The van der Waals surface area contributed by atoms with Crippen molar-refractivity contribution in [2.75, 3.05) is 46.3 Å². The Hall–Kier alpha value is -1.65. The van der Waals surface area contributed by atoms with Crippen LogP contribution in [-0.4, -0.2) is 84.4 Å². The average molecular weight is 378 g/mol. The Labute approximate surface area is 163 Å². The largest absolute Gasteiger partial charge is 0.353 e. The highest BCUT2D eigenvalue weighted by Gasteiger charge is 2.39. The van der Waals surface area contributed by atoms with Crippen LogP contribution < -0.4 is 5.32 Å². The van der Waals surface area contributed by atoms with Gasteiger partial charge in [-0.3, -0.25) is 19.4 Å². The van der Waals surface area contributed by atoms with Gasteiger partial charge in [0.15, 0.2) is 0 Å². The van der Waals surface area contributed by atoms with Gasteiger partial charge in [0.25, 0.3) is 0 Å². The third kappa shape index (κ3) is 5.91. The van der Waals surface area contributed by atoms with Gasteiger partial charge in [0, 0.05) is 39.3 Å². The lowest BCUT2D eigenvalue weighted by Gasteiger charge is -2.40. The van der Waals surface area contributed by atoms with E-state index < -0.39 is 5.54 Å². The molecule has 7 nitrogen and oxygen atoms in total. The van der Waals surface area contributed by atoms with Crippen LogP contribution in [0.15, 0.2) is 0 Å². The Morgan fingerprint density at radius 2 is 1.67 bits per heavy atom. The van der Waals surface area contributed by atoms with E-state index >= 15 is 0 Å². The second-order valence-electron chi connectivity index (χ2n) is 8.09. The van der Waals surface area contributed by atoms with E-state index in [9.17, 15) is 14.9 Å². The second-order valence-corrected chi connectivity index (χ2v) is 8.09. The summed E-state index contributed by atoms with van der Waals surface area (Å²) in [6.45, 7) is 7.96. The molecule has 1 saturated carbocycles. The van der Waals surface area contributed by atoms with Gasteiger partial charge < -0.3 is 10.2 Å². The summed E-state index contributed by atoms with van der Waals surface area (Å²) in [6, 6.07) is 2.63. The molecule has 0 aromatic heterocycles. The van der Waals surface area contributed by atoms with Crippen molar-refractivity contribution < 1.29 is 9.59 Å². The van der Waals surface area contributed by atoms with Gasteiger partial charge >= 0.3 is 0 Å². The van der Waals surface area contributed by atoms with E-state index in [0.29, 0.717) is 13.1 Å². The predicted octanol–water partition coefficient (Wildman–Crippen LogP) is 1.20. The summed E-state index contributed by atoms with van der Waals surface area (Å²) in [5.41, 5.74) is -0.620. The normalized spacial score (nSPS) is 21.9. The number of amides is 2. The first-order valence-electron chi connectivity index (χ1n) is 10.3. The number of carbonyl (C=O) groups excluding carboxylic acids is 2. The SMILES string of the molecule is CCC(C)NC(=O)CN1CCN(CC(=O)N(C)C2(C#N)CCCCC2)CC1. The Morgan fingerprint density at radius 1 is 1.11 bits per heavy atom. The van der Waals surface area contributed by atoms with Crippen LogP contribution in [-0.2, 0) is 9.59 Å². The maximum Gasteiger partial charge on any atom is 0.237 e. The van der Waals surface area contributed by atoms with Crippen LogP contribution in [0.5, 0.6) is 0 Å². The molecule has 0 aromatic rings. The van der Waals surface area contributed by atoms with Crippen molar-refractivity contribution in [1.82, 2.24) is 20.0 Å². The lowest BCUT2D eigenvalue weighted by atomic mass is 9.81. The number of nitrogens with one attached hydrogen (secondary N) is 1. The van der Waals surface area contributed by atoms with E-state index in [1.807, 2.05) is 6.92 Å². The summed E-state index contributed by atoms with van der Waals surface area (Å²) in [4.78, 5) is 30.7. The molecule has 1 aliphatic carbocycles. The summed E-state index contributed by atoms with van der Waals surface area (Å²) >= 11 is 0. The van der Waals surface area contributed by atoms with E-state index in [0.717, 1.165) is 64.7 Å². The maximum absolute atomic E-state index is 12.7. The minimum absolute atomic E-state index is 0.0291. The quantitative estimate of drug-likeness (QED) is 0.721. The molecule has 1 N–H and O–H groups in total. The average Bonchev–Trinajstić information content (AvgIpc) is 2.69. The van der Waals surface area contributed by atoms with Crippen molar-refractivity contribution in [2.45, 2.75) is 64.0 Å². The van der Waals surface area contributed by atoms with Crippen molar-refractivity contribution >= 4 is 11.8 Å². The molecular weight excluding hydrogens is 342 g/mol. The molecule has 1 aliphatic heterocycles. The summed E-state index contributed by atoms with van der Waals surface area (Å²) in [5, 5.41) is 12.7. The van der Waals surface area contributed by atoms with Gasteiger partial charge in [-0.2, -0.15) is 5.26 Å². The molecule has 2 aliphatic rings. The number of piperazine rings is 1. The Kier molecular flexibility index (Phi) is 8.06. The maximum atomic E-state index is 12.7. The fraction of sp³-hybridized carbons (Fsp3) is 0.850. The standard InChI is InChI=1S/C20H35N5O2/c1-4-17(2)22-18(26)14-24-10-12-25(13-11-24)15-19(27)23(3)20(16-21)8-6-5-7-9-20/h17H,4-15H2,1-3H3,(H,22,26).